The van der Waals surface area contributed by atoms with Crippen molar-refractivity contribution in [1.82, 2.24) is 19.8 Å². The summed E-state index contributed by atoms with van der Waals surface area (Å²) in [5.74, 6) is -0.420. The van der Waals surface area contributed by atoms with Crippen molar-refractivity contribution < 1.29 is 13.9 Å². The van der Waals surface area contributed by atoms with Gasteiger partial charge in [0, 0.05) is 70.0 Å². The predicted octanol–water partition coefficient (Wildman–Crippen LogP) is 2.09. The second-order valence-electron chi connectivity index (χ2n) is 12.2. The second kappa shape index (κ2) is 8.38. The van der Waals surface area contributed by atoms with Crippen LogP contribution in [0.15, 0.2) is 36.5 Å². The molecule has 0 aliphatic carbocycles. The van der Waals surface area contributed by atoms with Crippen molar-refractivity contribution in [2.24, 2.45) is 5.41 Å². The Labute approximate surface area is 226 Å². The lowest BCUT2D eigenvalue weighted by Gasteiger charge is -2.57. The Morgan fingerprint density at radius 3 is 2.74 bits per heavy atom. The van der Waals surface area contributed by atoms with E-state index in [1.54, 1.807) is 6.07 Å². The highest BCUT2D eigenvalue weighted by Gasteiger charge is 2.51. The van der Waals surface area contributed by atoms with Gasteiger partial charge in [-0.25, -0.2) is 8.91 Å². The molecule has 4 fully saturated rings. The van der Waals surface area contributed by atoms with Crippen LogP contribution in [0, 0.1) is 22.6 Å². The second-order valence-corrected chi connectivity index (χ2v) is 12.2. The van der Waals surface area contributed by atoms with Gasteiger partial charge in [-0.15, -0.1) is 0 Å². The summed E-state index contributed by atoms with van der Waals surface area (Å²) in [4.78, 5) is 7.06. The standard InChI is InChI=1S/C29H32FN7O2/c1-19-9-35(26-5-3-22(7-31)37-27(26)25(30)8-33-37)11-23(39-19)10-34-17-29(18-34)24-4-2-21(6-20(24)12-38-29)36-15-28(16-36)13-32-14-28/h2-6,8,19,23,32H,9-18H2,1H3. The molecule has 10 heteroatoms. The summed E-state index contributed by atoms with van der Waals surface area (Å²) in [5, 5.41) is 16.9. The molecular weight excluding hydrogens is 497 g/mol. The van der Waals surface area contributed by atoms with E-state index in [2.05, 4.69) is 56.3 Å². The van der Waals surface area contributed by atoms with Crippen molar-refractivity contribution in [3.8, 4) is 6.07 Å². The summed E-state index contributed by atoms with van der Waals surface area (Å²) in [6, 6.07) is 12.5. The van der Waals surface area contributed by atoms with Gasteiger partial charge in [0.15, 0.2) is 5.82 Å². The maximum Gasteiger partial charge on any atom is 0.171 e. The van der Waals surface area contributed by atoms with E-state index in [9.17, 15) is 9.65 Å². The van der Waals surface area contributed by atoms with E-state index in [-0.39, 0.29) is 17.8 Å². The molecule has 5 aliphatic rings. The number of halogens is 1. The number of hydrogen-bond donors (Lipinski definition) is 1. The van der Waals surface area contributed by atoms with Gasteiger partial charge in [0.25, 0.3) is 0 Å². The summed E-state index contributed by atoms with van der Waals surface area (Å²) in [6.07, 6.45) is 1.16. The largest absolute Gasteiger partial charge is 0.370 e. The van der Waals surface area contributed by atoms with Gasteiger partial charge in [-0.3, -0.25) is 4.90 Å². The molecule has 1 N–H and O–H groups in total. The average Bonchev–Trinajstić information content (AvgIpc) is 3.43. The number of morpholine rings is 1. The van der Waals surface area contributed by atoms with Gasteiger partial charge >= 0.3 is 0 Å². The SMILES string of the molecule is CC1CN(c2ccc(C#N)n3ncc(F)c23)CC(CN2CC3(C2)OCc2cc(N4CC5(CNC5)C4)ccc23)O1. The van der Waals surface area contributed by atoms with E-state index < -0.39 is 5.82 Å². The minimum atomic E-state index is -0.420. The zero-order valence-electron chi connectivity index (χ0n) is 22.1. The van der Waals surface area contributed by atoms with Crippen LogP contribution in [0.25, 0.3) is 5.52 Å². The summed E-state index contributed by atoms with van der Waals surface area (Å²) in [6.45, 7) is 11.1. The summed E-state index contributed by atoms with van der Waals surface area (Å²) in [5.41, 5.74) is 5.67. The number of ether oxygens (including phenoxy) is 2. The van der Waals surface area contributed by atoms with Crippen LogP contribution in [0.4, 0.5) is 15.8 Å². The highest BCUT2D eigenvalue weighted by atomic mass is 19.1. The van der Waals surface area contributed by atoms with Crippen molar-refractivity contribution in [3.05, 3.63) is 59.2 Å². The number of aromatic nitrogens is 2. The molecule has 3 aromatic rings. The average molecular weight is 530 g/mol. The minimum Gasteiger partial charge on any atom is -0.370 e. The van der Waals surface area contributed by atoms with Crippen molar-refractivity contribution in [3.63, 3.8) is 0 Å². The maximum absolute atomic E-state index is 14.7. The van der Waals surface area contributed by atoms with Gasteiger partial charge in [-0.2, -0.15) is 10.4 Å². The molecular formula is C29H32FN7O2. The van der Waals surface area contributed by atoms with Crippen molar-refractivity contribution in [1.29, 1.82) is 5.26 Å². The van der Waals surface area contributed by atoms with E-state index in [1.165, 1.54) is 27.5 Å². The minimum absolute atomic E-state index is 0.00102. The molecule has 0 radical (unpaired) electrons. The van der Waals surface area contributed by atoms with Gasteiger partial charge in [0.2, 0.25) is 0 Å². The Morgan fingerprint density at radius 2 is 1.97 bits per heavy atom. The molecule has 1 aromatic carbocycles. The summed E-state index contributed by atoms with van der Waals surface area (Å²) in [7, 11) is 0. The molecule has 2 aromatic heterocycles. The van der Waals surface area contributed by atoms with Crippen molar-refractivity contribution >= 4 is 16.9 Å². The number of anilines is 2. The van der Waals surface area contributed by atoms with Gasteiger partial charge in [-0.1, -0.05) is 6.07 Å². The quantitative estimate of drug-likeness (QED) is 0.551. The highest BCUT2D eigenvalue weighted by molar-refractivity contribution is 5.74. The zero-order chi connectivity index (χ0) is 26.4. The predicted molar refractivity (Wildman–Crippen MR) is 143 cm³/mol. The van der Waals surface area contributed by atoms with Crippen LogP contribution in [0.5, 0.6) is 0 Å². The number of benzene rings is 1. The number of fused-ring (bicyclic) bond motifs is 3. The Morgan fingerprint density at radius 1 is 1.13 bits per heavy atom. The fraction of sp³-hybridized carbons (Fsp3) is 0.517. The molecule has 2 unspecified atom stereocenters. The van der Waals surface area contributed by atoms with Crippen LogP contribution < -0.4 is 15.1 Å². The molecule has 0 bridgehead atoms. The first-order chi connectivity index (χ1) is 18.9. The molecule has 0 amide bonds. The van der Waals surface area contributed by atoms with Crippen LogP contribution in [-0.2, 0) is 21.7 Å². The summed E-state index contributed by atoms with van der Waals surface area (Å²) >= 11 is 0. The molecule has 2 spiro atoms. The molecule has 202 valence electrons. The number of nitrogens with zero attached hydrogens (tertiary/aromatic N) is 6. The molecule has 39 heavy (non-hydrogen) atoms. The lowest BCUT2D eigenvalue weighted by atomic mass is 9.74. The van der Waals surface area contributed by atoms with Gasteiger partial charge in [-0.05, 0) is 42.3 Å². The fourth-order valence-electron chi connectivity index (χ4n) is 7.37. The third kappa shape index (κ3) is 3.61. The third-order valence-corrected chi connectivity index (χ3v) is 9.30. The van der Waals surface area contributed by atoms with Crippen LogP contribution in [0.1, 0.15) is 23.7 Å². The topological polar surface area (TPSA) is 81.3 Å². The number of hydrogen-bond acceptors (Lipinski definition) is 8. The number of pyridine rings is 1. The molecule has 0 saturated carbocycles. The Kier molecular flexibility index (Phi) is 5.08. The molecule has 9 nitrogen and oxygen atoms in total. The van der Waals surface area contributed by atoms with E-state index in [4.69, 9.17) is 9.47 Å². The highest BCUT2D eigenvalue weighted by Crippen LogP contribution is 2.46. The molecule has 5 aliphatic heterocycles. The van der Waals surface area contributed by atoms with Gasteiger partial charge in [0.05, 0.1) is 30.7 Å². The monoisotopic (exact) mass is 529 g/mol. The van der Waals surface area contributed by atoms with Crippen LogP contribution >= 0.6 is 0 Å². The van der Waals surface area contributed by atoms with E-state index in [0.29, 0.717) is 36.3 Å². The van der Waals surface area contributed by atoms with Crippen LogP contribution in [0.2, 0.25) is 0 Å². The van der Waals surface area contributed by atoms with Gasteiger partial charge in [0.1, 0.15) is 22.9 Å². The molecule has 7 heterocycles. The Hall–Kier alpha value is -3.23. The van der Waals surface area contributed by atoms with E-state index in [0.717, 1.165) is 51.5 Å². The normalized spacial score (nSPS) is 26.8. The first-order valence-corrected chi connectivity index (χ1v) is 13.9. The molecule has 2 atom stereocenters. The smallest absolute Gasteiger partial charge is 0.171 e. The first kappa shape index (κ1) is 23.6. The third-order valence-electron chi connectivity index (χ3n) is 9.30. The van der Waals surface area contributed by atoms with Crippen molar-refractivity contribution in [2.75, 3.05) is 68.7 Å². The van der Waals surface area contributed by atoms with Crippen molar-refractivity contribution in [2.45, 2.75) is 31.3 Å². The molecule has 8 rings (SSSR count). The summed E-state index contributed by atoms with van der Waals surface area (Å²) < 4.78 is 28.8. The van der Waals surface area contributed by atoms with Gasteiger partial charge < -0.3 is 24.6 Å². The lowest BCUT2D eigenvalue weighted by molar-refractivity contribution is -0.155. The lowest BCUT2D eigenvalue weighted by Crippen LogP contribution is -2.71. The Bertz CT molecular complexity index is 1500. The van der Waals surface area contributed by atoms with Crippen LogP contribution in [0.3, 0.4) is 0 Å². The van der Waals surface area contributed by atoms with Crippen LogP contribution in [-0.4, -0.2) is 85.6 Å². The zero-order valence-corrected chi connectivity index (χ0v) is 22.1. The number of nitriles is 1. The number of likely N-dealkylation sites (tertiary alicyclic amines) is 1. The number of nitrogens with one attached hydrogen (secondary N) is 1. The Balaban J connectivity index is 0.942. The maximum atomic E-state index is 14.7. The van der Waals surface area contributed by atoms with E-state index in [1.807, 2.05) is 6.07 Å². The first-order valence-electron chi connectivity index (χ1n) is 13.9. The fourth-order valence-corrected chi connectivity index (χ4v) is 7.37. The number of rotatable bonds is 4. The molecule has 4 saturated heterocycles. The van der Waals surface area contributed by atoms with E-state index >= 15 is 0 Å².